The summed E-state index contributed by atoms with van der Waals surface area (Å²) in [6.07, 6.45) is 3.20. The molecule has 1 aromatic carbocycles. The highest BCUT2D eigenvalue weighted by molar-refractivity contribution is 7.98. The normalized spacial score (nSPS) is 12.4. The maximum atomic E-state index is 10.6. The van der Waals surface area contributed by atoms with Crippen molar-refractivity contribution < 1.29 is 4.92 Å². The van der Waals surface area contributed by atoms with Crippen LogP contribution in [0.1, 0.15) is 18.9 Å². The molecule has 1 N–H and O–H groups in total. The Bertz CT molecular complexity index is 371. The Hall–Kier alpha value is -1.07. The summed E-state index contributed by atoms with van der Waals surface area (Å²) in [5.74, 6) is 1.13. The molecule has 1 aromatic rings. The van der Waals surface area contributed by atoms with Crippen molar-refractivity contribution >= 4 is 17.4 Å². The van der Waals surface area contributed by atoms with Gasteiger partial charge in [-0.1, -0.05) is 12.1 Å². The number of nitrogens with zero attached hydrogens (tertiary/aromatic N) is 1. The lowest BCUT2D eigenvalue weighted by molar-refractivity contribution is -0.384. The fourth-order valence-electron chi connectivity index (χ4n) is 1.47. The fraction of sp³-hybridized carbons (Fsp3) is 0.500. The third kappa shape index (κ3) is 5.19. The van der Waals surface area contributed by atoms with E-state index in [0.29, 0.717) is 12.6 Å². The molecule has 17 heavy (non-hydrogen) atoms. The average Bonchev–Trinajstić information content (AvgIpc) is 2.34. The number of nitrogens with one attached hydrogen (secondary N) is 1. The highest BCUT2D eigenvalue weighted by atomic mass is 32.2. The smallest absolute Gasteiger partial charge is 0.269 e. The van der Waals surface area contributed by atoms with Crippen molar-refractivity contribution in [1.82, 2.24) is 5.32 Å². The van der Waals surface area contributed by atoms with Crippen molar-refractivity contribution in [3.05, 3.63) is 39.9 Å². The average molecular weight is 254 g/mol. The minimum absolute atomic E-state index is 0.154. The van der Waals surface area contributed by atoms with Crippen molar-refractivity contribution in [3.63, 3.8) is 0 Å². The summed E-state index contributed by atoms with van der Waals surface area (Å²) in [4.78, 5) is 10.3. The molecule has 0 aliphatic carbocycles. The second-order valence-electron chi connectivity index (χ2n) is 3.99. The quantitative estimate of drug-likeness (QED) is 0.600. The summed E-state index contributed by atoms with van der Waals surface area (Å²) in [6.45, 7) is 2.81. The molecular weight excluding hydrogens is 236 g/mol. The first-order chi connectivity index (χ1) is 8.13. The van der Waals surface area contributed by atoms with Gasteiger partial charge in [-0.2, -0.15) is 11.8 Å². The Morgan fingerprint density at radius 1 is 1.53 bits per heavy atom. The molecule has 4 nitrogen and oxygen atoms in total. The van der Waals surface area contributed by atoms with E-state index in [1.807, 2.05) is 17.8 Å². The highest BCUT2D eigenvalue weighted by Gasteiger charge is 2.06. The van der Waals surface area contributed by atoms with E-state index >= 15 is 0 Å². The number of non-ortho nitro benzene ring substituents is 1. The summed E-state index contributed by atoms with van der Waals surface area (Å²) < 4.78 is 0. The molecule has 0 fully saturated rings. The molecule has 0 heterocycles. The number of hydrogen-bond donors (Lipinski definition) is 1. The lowest BCUT2D eigenvalue weighted by Gasteiger charge is -2.12. The minimum atomic E-state index is -0.360. The van der Waals surface area contributed by atoms with Gasteiger partial charge in [0.25, 0.3) is 5.69 Å². The van der Waals surface area contributed by atoms with E-state index in [4.69, 9.17) is 0 Å². The van der Waals surface area contributed by atoms with Gasteiger partial charge in [-0.3, -0.25) is 10.1 Å². The number of rotatable bonds is 7. The zero-order valence-corrected chi connectivity index (χ0v) is 11.0. The molecule has 0 spiro atoms. The highest BCUT2D eigenvalue weighted by Crippen LogP contribution is 2.13. The Morgan fingerprint density at radius 2 is 2.29 bits per heavy atom. The Balaban J connectivity index is 2.46. The van der Waals surface area contributed by atoms with Gasteiger partial charge in [0.2, 0.25) is 0 Å². The summed E-state index contributed by atoms with van der Waals surface area (Å²) in [5.41, 5.74) is 1.11. The van der Waals surface area contributed by atoms with Crippen molar-refractivity contribution in [2.75, 3.05) is 12.0 Å². The molecule has 0 saturated carbocycles. The molecule has 0 aliphatic rings. The first-order valence-electron chi connectivity index (χ1n) is 5.59. The van der Waals surface area contributed by atoms with Crippen LogP contribution in [-0.4, -0.2) is 23.0 Å². The van der Waals surface area contributed by atoms with Crippen LogP contribution in [0.15, 0.2) is 24.3 Å². The van der Waals surface area contributed by atoms with Crippen molar-refractivity contribution in [3.8, 4) is 0 Å². The predicted octanol–water partition coefficient (Wildman–Crippen LogP) is 2.83. The molecule has 0 amide bonds. The van der Waals surface area contributed by atoms with E-state index in [1.165, 1.54) is 6.07 Å². The third-order valence-electron chi connectivity index (χ3n) is 2.53. The standard InChI is InChI=1S/C12H18N2O2S/c1-10(6-7-17-2)13-9-11-4-3-5-12(8-11)14(15)16/h3-5,8,10,13H,6-7,9H2,1-2H3. The minimum Gasteiger partial charge on any atom is -0.310 e. The second kappa shape index (κ2) is 7.29. The molecular formula is C12H18N2O2S. The van der Waals surface area contributed by atoms with Crippen LogP contribution in [0.4, 0.5) is 5.69 Å². The van der Waals surface area contributed by atoms with E-state index in [2.05, 4.69) is 18.5 Å². The van der Waals surface area contributed by atoms with Crippen LogP contribution in [0.25, 0.3) is 0 Å². The van der Waals surface area contributed by atoms with Gasteiger partial charge in [0, 0.05) is 24.7 Å². The van der Waals surface area contributed by atoms with Crippen LogP contribution in [0.2, 0.25) is 0 Å². The van der Waals surface area contributed by atoms with Crippen LogP contribution >= 0.6 is 11.8 Å². The molecule has 0 radical (unpaired) electrons. The van der Waals surface area contributed by atoms with Gasteiger partial charge in [-0.05, 0) is 30.9 Å². The van der Waals surface area contributed by atoms with E-state index in [1.54, 1.807) is 12.1 Å². The number of benzene rings is 1. The molecule has 1 atom stereocenters. The molecule has 94 valence electrons. The Morgan fingerprint density at radius 3 is 2.94 bits per heavy atom. The molecule has 0 bridgehead atoms. The zero-order chi connectivity index (χ0) is 12.7. The summed E-state index contributed by atoms with van der Waals surface area (Å²) in [7, 11) is 0. The van der Waals surface area contributed by atoms with Gasteiger partial charge in [0.1, 0.15) is 0 Å². The number of nitro groups is 1. The Labute approximate surface area is 106 Å². The van der Waals surface area contributed by atoms with Crippen LogP contribution in [-0.2, 0) is 6.54 Å². The van der Waals surface area contributed by atoms with Gasteiger partial charge >= 0.3 is 0 Å². The van der Waals surface area contributed by atoms with Crippen LogP contribution in [0.3, 0.4) is 0 Å². The van der Waals surface area contributed by atoms with E-state index in [-0.39, 0.29) is 10.6 Å². The molecule has 1 rings (SSSR count). The van der Waals surface area contributed by atoms with Crippen LogP contribution in [0.5, 0.6) is 0 Å². The molecule has 0 saturated heterocycles. The lowest BCUT2D eigenvalue weighted by atomic mass is 10.2. The van der Waals surface area contributed by atoms with Gasteiger partial charge < -0.3 is 5.32 Å². The van der Waals surface area contributed by atoms with E-state index < -0.39 is 0 Å². The van der Waals surface area contributed by atoms with Crippen molar-refractivity contribution in [2.45, 2.75) is 25.9 Å². The zero-order valence-electron chi connectivity index (χ0n) is 10.2. The predicted molar refractivity (Wildman–Crippen MR) is 72.4 cm³/mol. The monoisotopic (exact) mass is 254 g/mol. The fourth-order valence-corrected chi connectivity index (χ4v) is 2.06. The van der Waals surface area contributed by atoms with E-state index in [9.17, 15) is 10.1 Å². The second-order valence-corrected chi connectivity index (χ2v) is 4.98. The number of thioether (sulfide) groups is 1. The molecule has 0 aliphatic heterocycles. The first-order valence-corrected chi connectivity index (χ1v) is 6.98. The SMILES string of the molecule is CSCCC(C)NCc1cccc([N+](=O)[O-])c1. The third-order valence-corrected chi connectivity index (χ3v) is 3.17. The van der Waals surface area contributed by atoms with Crippen molar-refractivity contribution in [1.29, 1.82) is 0 Å². The van der Waals surface area contributed by atoms with E-state index in [0.717, 1.165) is 17.7 Å². The maximum absolute atomic E-state index is 10.6. The first kappa shape index (κ1) is 14.0. The topological polar surface area (TPSA) is 55.2 Å². The van der Waals surface area contributed by atoms with Crippen LogP contribution in [0, 0.1) is 10.1 Å². The molecule has 0 aromatic heterocycles. The molecule has 1 unspecified atom stereocenters. The lowest BCUT2D eigenvalue weighted by Crippen LogP contribution is -2.25. The maximum Gasteiger partial charge on any atom is 0.269 e. The van der Waals surface area contributed by atoms with Gasteiger partial charge in [0.05, 0.1) is 4.92 Å². The van der Waals surface area contributed by atoms with Gasteiger partial charge in [-0.15, -0.1) is 0 Å². The largest absolute Gasteiger partial charge is 0.310 e. The number of hydrogen-bond acceptors (Lipinski definition) is 4. The summed E-state index contributed by atoms with van der Waals surface area (Å²) in [6, 6.07) is 7.19. The molecule has 5 heteroatoms. The van der Waals surface area contributed by atoms with Gasteiger partial charge in [-0.25, -0.2) is 0 Å². The summed E-state index contributed by atoms with van der Waals surface area (Å²) >= 11 is 1.83. The van der Waals surface area contributed by atoms with Crippen LogP contribution < -0.4 is 5.32 Å². The summed E-state index contributed by atoms with van der Waals surface area (Å²) in [5, 5.41) is 14.0. The Kier molecular flexibility index (Phi) is 6.00. The number of nitro benzene ring substituents is 1. The van der Waals surface area contributed by atoms with Gasteiger partial charge in [0.15, 0.2) is 0 Å². The van der Waals surface area contributed by atoms with Crippen molar-refractivity contribution in [2.24, 2.45) is 0 Å².